The van der Waals surface area contributed by atoms with Gasteiger partial charge in [0.1, 0.15) is 17.5 Å². The highest BCUT2D eigenvalue weighted by molar-refractivity contribution is 5.35. The minimum atomic E-state index is -0.562. The van der Waals surface area contributed by atoms with Crippen LogP contribution in [0.5, 0.6) is 0 Å². The Hall–Kier alpha value is -2.60. The predicted octanol–water partition coefficient (Wildman–Crippen LogP) is 4.71. The number of benzene rings is 2. The van der Waals surface area contributed by atoms with Crippen molar-refractivity contribution in [2.45, 2.75) is 37.9 Å². The summed E-state index contributed by atoms with van der Waals surface area (Å²) in [5.41, 5.74) is 2.17. The molecule has 2 aromatic carbocycles. The van der Waals surface area contributed by atoms with Crippen LogP contribution in [0.3, 0.4) is 0 Å². The summed E-state index contributed by atoms with van der Waals surface area (Å²) in [7, 11) is 0. The van der Waals surface area contributed by atoms with Crippen molar-refractivity contribution in [2.24, 2.45) is 0 Å². The smallest absolute Gasteiger partial charge is 0.129 e. The molecule has 1 aromatic heterocycles. The minimum absolute atomic E-state index is 0.151. The van der Waals surface area contributed by atoms with E-state index < -0.39 is 11.6 Å². The molecular weight excluding hydrogens is 351 g/mol. The van der Waals surface area contributed by atoms with Crippen LogP contribution in [0.1, 0.15) is 41.6 Å². The number of hydrogen-bond acceptors (Lipinski definition) is 2. The fourth-order valence-corrected chi connectivity index (χ4v) is 3.81. The van der Waals surface area contributed by atoms with Gasteiger partial charge >= 0.3 is 0 Å². The van der Waals surface area contributed by atoms with Gasteiger partial charge in [-0.25, -0.2) is 18.2 Å². The number of halogens is 3. The number of nitrogens with one attached hydrogen (secondary N) is 1. The Bertz CT molecular complexity index is 907. The standard InChI is InChI=1S/C21H20F3N3/c22-15-6-4-14(5-7-15)21(12-27-9-8-25-13-27)26-20-3-1-2-17-18(20)10-16(23)11-19(17)24/h4-11,13,20-21,26H,1-3,12H2/t20-,21?/m0/s1. The molecule has 0 amide bonds. The molecular formula is C21H20F3N3. The Morgan fingerprint density at radius 1 is 1.11 bits per heavy atom. The van der Waals surface area contributed by atoms with Crippen molar-refractivity contribution in [2.75, 3.05) is 0 Å². The van der Waals surface area contributed by atoms with Gasteiger partial charge in [0.15, 0.2) is 0 Å². The summed E-state index contributed by atoms with van der Waals surface area (Å²) in [5, 5.41) is 3.54. The first-order valence-electron chi connectivity index (χ1n) is 9.05. The third kappa shape index (κ3) is 3.90. The first kappa shape index (κ1) is 17.8. The second-order valence-corrected chi connectivity index (χ2v) is 6.93. The van der Waals surface area contributed by atoms with Crippen LogP contribution in [0.15, 0.2) is 55.1 Å². The highest BCUT2D eigenvalue weighted by atomic mass is 19.1. The molecule has 6 heteroatoms. The van der Waals surface area contributed by atoms with Crippen LogP contribution in [0.4, 0.5) is 13.2 Å². The maximum atomic E-state index is 14.2. The predicted molar refractivity (Wildman–Crippen MR) is 96.5 cm³/mol. The minimum Gasteiger partial charge on any atom is -0.336 e. The number of rotatable bonds is 5. The molecule has 0 saturated carbocycles. The largest absolute Gasteiger partial charge is 0.336 e. The Morgan fingerprint density at radius 3 is 2.67 bits per heavy atom. The molecule has 2 atom stereocenters. The van der Waals surface area contributed by atoms with Crippen LogP contribution >= 0.6 is 0 Å². The van der Waals surface area contributed by atoms with Crippen molar-refractivity contribution in [3.8, 4) is 0 Å². The lowest BCUT2D eigenvalue weighted by molar-refractivity contribution is 0.364. The van der Waals surface area contributed by atoms with Crippen molar-refractivity contribution in [1.29, 1.82) is 0 Å². The molecule has 1 N–H and O–H groups in total. The fourth-order valence-electron chi connectivity index (χ4n) is 3.81. The lowest BCUT2D eigenvalue weighted by Gasteiger charge is -2.31. The molecule has 0 aliphatic heterocycles. The van der Waals surface area contributed by atoms with Crippen molar-refractivity contribution in [3.63, 3.8) is 0 Å². The molecule has 1 unspecified atom stereocenters. The van der Waals surface area contributed by atoms with E-state index in [0.29, 0.717) is 24.1 Å². The molecule has 4 rings (SSSR count). The molecule has 1 aliphatic rings. The summed E-state index contributed by atoms with van der Waals surface area (Å²) in [5.74, 6) is -1.34. The zero-order valence-corrected chi connectivity index (χ0v) is 14.7. The number of nitrogens with zero attached hydrogens (tertiary/aromatic N) is 2. The average Bonchev–Trinajstić information content (AvgIpc) is 3.15. The molecule has 0 saturated heterocycles. The van der Waals surface area contributed by atoms with Crippen LogP contribution in [-0.2, 0) is 13.0 Å². The molecule has 3 aromatic rings. The van der Waals surface area contributed by atoms with Crippen LogP contribution in [0, 0.1) is 17.5 Å². The molecule has 140 valence electrons. The van der Waals surface area contributed by atoms with Gasteiger partial charge < -0.3 is 9.88 Å². The third-order valence-electron chi connectivity index (χ3n) is 5.12. The van der Waals surface area contributed by atoms with E-state index in [9.17, 15) is 13.2 Å². The van der Waals surface area contributed by atoms with Gasteiger partial charge in [0.2, 0.25) is 0 Å². The summed E-state index contributed by atoms with van der Waals surface area (Å²) in [4.78, 5) is 4.06. The van der Waals surface area contributed by atoms with Gasteiger partial charge in [-0.3, -0.25) is 0 Å². The highest BCUT2D eigenvalue weighted by Crippen LogP contribution is 2.34. The molecule has 1 heterocycles. The molecule has 27 heavy (non-hydrogen) atoms. The summed E-state index contributed by atoms with van der Waals surface area (Å²) >= 11 is 0. The van der Waals surface area contributed by atoms with Crippen LogP contribution in [-0.4, -0.2) is 9.55 Å². The number of imidazole rings is 1. The highest BCUT2D eigenvalue weighted by Gasteiger charge is 2.26. The Kier molecular flexibility index (Phi) is 4.99. The monoisotopic (exact) mass is 371 g/mol. The van der Waals surface area contributed by atoms with Crippen molar-refractivity contribution in [3.05, 3.63) is 89.3 Å². The molecule has 0 fully saturated rings. The van der Waals surface area contributed by atoms with Crippen LogP contribution < -0.4 is 5.32 Å². The second-order valence-electron chi connectivity index (χ2n) is 6.93. The zero-order chi connectivity index (χ0) is 18.8. The van der Waals surface area contributed by atoms with Crippen LogP contribution in [0.2, 0.25) is 0 Å². The van der Waals surface area contributed by atoms with Crippen molar-refractivity contribution >= 4 is 0 Å². The molecule has 0 radical (unpaired) electrons. The van der Waals surface area contributed by atoms with Crippen LogP contribution in [0.25, 0.3) is 0 Å². The number of aromatic nitrogens is 2. The summed E-state index contributed by atoms with van der Waals surface area (Å²) in [6.07, 6.45) is 7.50. The van der Waals surface area contributed by atoms with Gasteiger partial charge in [0, 0.05) is 31.0 Å². The van der Waals surface area contributed by atoms with Gasteiger partial charge in [-0.15, -0.1) is 0 Å². The third-order valence-corrected chi connectivity index (χ3v) is 5.12. The second kappa shape index (κ2) is 7.56. The van der Waals surface area contributed by atoms with Gasteiger partial charge in [-0.05, 0) is 54.2 Å². The number of fused-ring (bicyclic) bond motifs is 1. The normalized spacial score (nSPS) is 17.5. The SMILES string of the molecule is Fc1ccc(C(Cn2ccnc2)N[C@H]2CCCc3c(F)cc(F)cc32)cc1. The van der Waals surface area contributed by atoms with E-state index in [1.54, 1.807) is 24.7 Å². The average molecular weight is 371 g/mol. The Balaban J connectivity index is 1.65. The summed E-state index contributed by atoms with van der Waals surface area (Å²) in [6.45, 7) is 0.579. The van der Waals surface area contributed by atoms with Gasteiger partial charge in [-0.1, -0.05) is 12.1 Å². The first-order chi connectivity index (χ1) is 13.1. The van der Waals surface area contributed by atoms with Crippen molar-refractivity contribution < 1.29 is 13.2 Å². The lowest BCUT2D eigenvalue weighted by Crippen LogP contribution is -2.32. The fraction of sp³-hybridized carbons (Fsp3) is 0.286. The van der Waals surface area contributed by atoms with E-state index >= 15 is 0 Å². The van der Waals surface area contributed by atoms with E-state index in [2.05, 4.69) is 10.3 Å². The molecule has 3 nitrogen and oxygen atoms in total. The van der Waals surface area contributed by atoms with E-state index in [-0.39, 0.29) is 17.9 Å². The Labute approximate surface area is 155 Å². The van der Waals surface area contributed by atoms with E-state index in [4.69, 9.17) is 0 Å². The van der Waals surface area contributed by atoms with Crippen molar-refractivity contribution in [1.82, 2.24) is 14.9 Å². The zero-order valence-electron chi connectivity index (χ0n) is 14.7. The summed E-state index contributed by atoms with van der Waals surface area (Å²) < 4.78 is 43.3. The quantitative estimate of drug-likeness (QED) is 0.704. The van der Waals surface area contributed by atoms with Gasteiger partial charge in [0.05, 0.1) is 12.4 Å². The molecule has 0 spiro atoms. The molecule has 1 aliphatic carbocycles. The summed E-state index contributed by atoms with van der Waals surface area (Å²) in [6, 6.07) is 8.37. The van der Waals surface area contributed by atoms with Gasteiger partial charge in [0.25, 0.3) is 0 Å². The Morgan fingerprint density at radius 2 is 1.93 bits per heavy atom. The van der Waals surface area contributed by atoms with E-state index in [1.807, 2.05) is 10.8 Å². The van der Waals surface area contributed by atoms with Gasteiger partial charge in [-0.2, -0.15) is 0 Å². The van der Waals surface area contributed by atoms with E-state index in [0.717, 1.165) is 24.5 Å². The maximum absolute atomic E-state index is 14.2. The lowest BCUT2D eigenvalue weighted by atomic mass is 9.86. The number of hydrogen-bond donors (Lipinski definition) is 1. The topological polar surface area (TPSA) is 29.9 Å². The molecule has 0 bridgehead atoms. The maximum Gasteiger partial charge on any atom is 0.129 e. The van der Waals surface area contributed by atoms with E-state index in [1.165, 1.54) is 18.2 Å². The first-order valence-corrected chi connectivity index (χ1v) is 9.05.